The van der Waals surface area contributed by atoms with Crippen molar-refractivity contribution in [2.75, 3.05) is 26.3 Å². The summed E-state index contributed by atoms with van der Waals surface area (Å²) in [5.74, 6) is 2.06. The molecule has 1 atom stereocenters. The number of amides is 1. The third-order valence-corrected chi connectivity index (χ3v) is 5.55. The lowest BCUT2D eigenvalue weighted by Crippen LogP contribution is -2.45. The number of hydrogen-bond acceptors (Lipinski definition) is 6. The Morgan fingerprint density at radius 1 is 1.33 bits per heavy atom. The van der Waals surface area contributed by atoms with E-state index in [2.05, 4.69) is 15.1 Å². The van der Waals surface area contributed by atoms with Gasteiger partial charge >= 0.3 is 0 Å². The summed E-state index contributed by atoms with van der Waals surface area (Å²) in [6.45, 7) is 3.77. The highest BCUT2D eigenvalue weighted by atomic mass is 16.5. The third-order valence-electron chi connectivity index (χ3n) is 5.55. The second-order valence-corrected chi connectivity index (χ2v) is 7.43. The van der Waals surface area contributed by atoms with Crippen LogP contribution in [0.25, 0.3) is 5.82 Å². The third kappa shape index (κ3) is 3.89. The first-order chi connectivity index (χ1) is 13.1. The first-order valence-electron chi connectivity index (χ1n) is 9.66. The first-order valence-corrected chi connectivity index (χ1v) is 9.66. The lowest BCUT2D eigenvalue weighted by atomic mass is 9.94. The van der Waals surface area contributed by atoms with Crippen LogP contribution in [-0.4, -0.2) is 67.7 Å². The summed E-state index contributed by atoms with van der Waals surface area (Å²) in [5, 5.41) is 8.82. The Labute approximate surface area is 158 Å². The second kappa shape index (κ2) is 7.77. The van der Waals surface area contributed by atoms with Crippen molar-refractivity contribution in [3.63, 3.8) is 0 Å². The van der Waals surface area contributed by atoms with Crippen molar-refractivity contribution in [2.24, 2.45) is 12.8 Å². The number of nitrogens with zero attached hydrogens (tertiary/aromatic N) is 6. The molecule has 0 bridgehead atoms. The Morgan fingerprint density at radius 3 is 2.85 bits per heavy atom. The number of ether oxygens (including phenoxy) is 1. The summed E-state index contributed by atoms with van der Waals surface area (Å²) in [6.07, 6.45) is 6.16. The lowest BCUT2D eigenvalue weighted by molar-refractivity contribution is -0.117. The van der Waals surface area contributed by atoms with Crippen LogP contribution in [-0.2, 0) is 23.0 Å². The van der Waals surface area contributed by atoms with E-state index in [1.807, 2.05) is 17.8 Å². The van der Waals surface area contributed by atoms with E-state index in [0.717, 1.165) is 63.6 Å². The van der Waals surface area contributed by atoms with Gasteiger partial charge in [-0.3, -0.25) is 14.4 Å². The molecule has 2 aromatic heterocycles. The van der Waals surface area contributed by atoms with Crippen molar-refractivity contribution in [1.82, 2.24) is 29.4 Å². The van der Waals surface area contributed by atoms with Crippen molar-refractivity contribution in [3.05, 3.63) is 23.9 Å². The Balaban J connectivity index is 1.62. The Morgan fingerprint density at radius 2 is 2.15 bits per heavy atom. The highest BCUT2D eigenvalue weighted by Gasteiger charge is 2.31. The van der Waals surface area contributed by atoms with Crippen LogP contribution in [0, 0.1) is 0 Å². The molecule has 1 amide bonds. The minimum Gasteiger partial charge on any atom is -0.381 e. The maximum Gasteiger partial charge on any atom is 0.225 e. The molecule has 0 aromatic carbocycles. The molecule has 0 radical (unpaired) electrons. The number of likely N-dealkylation sites (tertiary alicyclic amines) is 1. The van der Waals surface area contributed by atoms with Gasteiger partial charge in [-0.1, -0.05) is 0 Å². The number of carbonyl (C=O) groups excluding carboxylic acids is 1. The second-order valence-electron chi connectivity index (χ2n) is 7.43. The molecule has 146 valence electrons. The van der Waals surface area contributed by atoms with Gasteiger partial charge in [0.15, 0.2) is 11.6 Å². The molecule has 0 spiro atoms. The molecule has 2 aliphatic rings. The maximum atomic E-state index is 11.4. The summed E-state index contributed by atoms with van der Waals surface area (Å²) in [5.41, 5.74) is 5.36. The fraction of sp³-hybridized carbons (Fsp3) is 0.667. The molecule has 0 aliphatic carbocycles. The molecule has 0 saturated carbocycles. The quantitative estimate of drug-likeness (QED) is 0.813. The van der Waals surface area contributed by atoms with Crippen molar-refractivity contribution >= 4 is 5.91 Å². The predicted molar refractivity (Wildman–Crippen MR) is 98.4 cm³/mol. The minimum atomic E-state index is -0.420. The largest absolute Gasteiger partial charge is 0.381 e. The summed E-state index contributed by atoms with van der Waals surface area (Å²) < 4.78 is 9.12. The molecule has 4 heterocycles. The monoisotopic (exact) mass is 373 g/mol. The fourth-order valence-electron chi connectivity index (χ4n) is 4.21. The number of aromatic nitrogens is 5. The molecular weight excluding hydrogens is 346 g/mol. The number of aryl methyl sites for hydroxylation is 1. The topological polar surface area (TPSA) is 104 Å². The number of nitrogens with two attached hydrogens (primary N) is 1. The first kappa shape index (κ1) is 18.1. The van der Waals surface area contributed by atoms with E-state index in [4.69, 9.17) is 15.5 Å². The zero-order chi connectivity index (χ0) is 18.8. The van der Waals surface area contributed by atoms with E-state index in [1.165, 1.54) is 0 Å². The van der Waals surface area contributed by atoms with E-state index in [1.54, 1.807) is 10.9 Å². The summed E-state index contributed by atoms with van der Waals surface area (Å²) >= 11 is 0. The smallest absolute Gasteiger partial charge is 0.225 e. The predicted octanol–water partition coefficient (Wildman–Crippen LogP) is 0.387. The molecule has 9 heteroatoms. The average molecular weight is 373 g/mol. The zero-order valence-electron chi connectivity index (χ0n) is 15.8. The molecule has 27 heavy (non-hydrogen) atoms. The van der Waals surface area contributed by atoms with E-state index in [-0.39, 0.29) is 12.3 Å². The van der Waals surface area contributed by atoms with Crippen LogP contribution < -0.4 is 5.73 Å². The highest BCUT2D eigenvalue weighted by molar-refractivity contribution is 5.75. The summed E-state index contributed by atoms with van der Waals surface area (Å²) in [7, 11) is 1.88. The number of hydrogen-bond donors (Lipinski definition) is 1. The van der Waals surface area contributed by atoms with Crippen molar-refractivity contribution < 1.29 is 9.53 Å². The molecule has 2 aromatic rings. The molecule has 2 fully saturated rings. The van der Waals surface area contributed by atoms with Gasteiger partial charge in [0.2, 0.25) is 5.91 Å². The van der Waals surface area contributed by atoms with Crippen LogP contribution >= 0.6 is 0 Å². The molecule has 2 N–H and O–H groups in total. The van der Waals surface area contributed by atoms with Crippen LogP contribution in [0.3, 0.4) is 0 Å². The summed E-state index contributed by atoms with van der Waals surface area (Å²) in [4.78, 5) is 18.7. The van der Waals surface area contributed by atoms with Crippen molar-refractivity contribution in [2.45, 2.75) is 44.1 Å². The molecule has 1 unspecified atom stereocenters. The van der Waals surface area contributed by atoms with Crippen molar-refractivity contribution in [3.8, 4) is 5.82 Å². The van der Waals surface area contributed by atoms with Gasteiger partial charge in [-0.15, -0.1) is 5.10 Å². The van der Waals surface area contributed by atoms with Crippen LogP contribution in [0.4, 0.5) is 0 Å². The van der Waals surface area contributed by atoms with Crippen molar-refractivity contribution in [1.29, 1.82) is 0 Å². The molecule has 4 rings (SSSR count). The Kier molecular flexibility index (Phi) is 5.22. The van der Waals surface area contributed by atoms with Gasteiger partial charge in [0, 0.05) is 44.8 Å². The summed E-state index contributed by atoms with van der Waals surface area (Å²) in [6, 6.07) is 2.49. The van der Waals surface area contributed by atoms with Gasteiger partial charge in [0.1, 0.15) is 5.82 Å². The number of carbonyl (C=O) groups is 1. The number of rotatable bonds is 5. The van der Waals surface area contributed by atoms with Crippen LogP contribution in [0.1, 0.15) is 43.3 Å². The number of piperidine rings is 1. The average Bonchev–Trinajstić information content (AvgIpc) is 3.28. The van der Waals surface area contributed by atoms with Gasteiger partial charge in [0.05, 0.1) is 12.6 Å². The van der Waals surface area contributed by atoms with Gasteiger partial charge < -0.3 is 10.5 Å². The van der Waals surface area contributed by atoms with E-state index in [9.17, 15) is 4.79 Å². The van der Waals surface area contributed by atoms with Gasteiger partial charge in [-0.05, 0) is 32.2 Å². The normalized spacial score (nSPS) is 22.2. The lowest BCUT2D eigenvalue weighted by Gasteiger charge is -2.39. The van der Waals surface area contributed by atoms with Crippen LogP contribution in [0.5, 0.6) is 0 Å². The van der Waals surface area contributed by atoms with Crippen LogP contribution in [0.15, 0.2) is 12.3 Å². The Hall–Kier alpha value is -2.26. The zero-order valence-corrected chi connectivity index (χ0v) is 15.8. The Bertz CT molecular complexity index is 793. The van der Waals surface area contributed by atoms with E-state index < -0.39 is 5.91 Å². The SMILES string of the molecule is Cn1nccc1-n1nc(CC(N)=O)nc1C1CCCN(C2CCOCC2)C1. The van der Waals surface area contributed by atoms with Gasteiger partial charge in [-0.25, -0.2) is 4.98 Å². The fourth-order valence-corrected chi connectivity index (χ4v) is 4.21. The minimum absolute atomic E-state index is 0.0499. The maximum absolute atomic E-state index is 11.4. The van der Waals surface area contributed by atoms with E-state index in [0.29, 0.717) is 11.9 Å². The number of primary amides is 1. The standard InChI is InChI=1S/C18H27N7O2/c1-23-17(4-7-20-23)25-18(21-16(22-25)11-15(19)26)13-3-2-8-24(12-13)14-5-9-27-10-6-14/h4,7,13-14H,2-3,5-6,8-12H2,1H3,(H2,19,26). The van der Waals surface area contributed by atoms with Gasteiger partial charge in [0.25, 0.3) is 0 Å². The molecule has 9 nitrogen and oxygen atoms in total. The van der Waals surface area contributed by atoms with E-state index >= 15 is 0 Å². The van der Waals surface area contributed by atoms with Gasteiger partial charge in [-0.2, -0.15) is 9.78 Å². The molecule has 2 aliphatic heterocycles. The van der Waals surface area contributed by atoms with Crippen LogP contribution in [0.2, 0.25) is 0 Å². The highest BCUT2D eigenvalue weighted by Crippen LogP contribution is 2.30. The molecular formula is C18H27N7O2. The molecule has 2 saturated heterocycles.